The molecule has 2 nitrogen and oxygen atoms in total. The van der Waals surface area contributed by atoms with Crippen molar-refractivity contribution >= 4 is 12.4 Å². The molecule has 1 heterocycles. The largest absolute Gasteiger partial charge is 0.379 e. The molecule has 0 aromatic carbocycles. The zero-order valence-corrected chi connectivity index (χ0v) is 9.04. The predicted octanol–water partition coefficient (Wildman–Crippen LogP) is 1.83. The molecular formula is C9H20ClNO. The number of piperidine rings is 1. The lowest BCUT2D eigenvalue weighted by Gasteiger charge is -2.35. The third-order valence-corrected chi connectivity index (χ3v) is 2.85. The summed E-state index contributed by atoms with van der Waals surface area (Å²) in [7, 11) is 1.81. The number of hydrogen-bond donors (Lipinski definition) is 1. The summed E-state index contributed by atoms with van der Waals surface area (Å²) in [4.78, 5) is 0. The molecule has 1 fully saturated rings. The summed E-state index contributed by atoms with van der Waals surface area (Å²) in [6.45, 7) is 6.67. The van der Waals surface area contributed by atoms with E-state index in [1.807, 2.05) is 7.11 Å². The Kier molecular flexibility index (Phi) is 5.14. The second kappa shape index (κ2) is 5.05. The number of hydrogen-bond acceptors (Lipinski definition) is 2. The van der Waals surface area contributed by atoms with Crippen LogP contribution in [0.2, 0.25) is 0 Å². The van der Waals surface area contributed by atoms with E-state index in [1.54, 1.807) is 0 Å². The first-order chi connectivity index (χ1) is 5.17. The third-order valence-electron chi connectivity index (χ3n) is 2.85. The van der Waals surface area contributed by atoms with Gasteiger partial charge in [0.2, 0.25) is 0 Å². The molecule has 3 heteroatoms. The SMILES string of the molecule is COC(C)(C)C1CCNCC1.Cl. The molecule has 0 saturated carbocycles. The highest BCUT2D eigenvalue weighted by Crippen LogP contribution is 2.27. The molecule has 1 aliphatic heterocycles. The maximum Gasteiger partial charge on any atom is 0.0651 e. The number of ether oxygens (including phenoxy) is 1. The molecule has 0 unspecified atom stereocenters. The van der Waals surface area contributed by atoms with Crippen LogP contribution >= 0.6 is 12.4 Å². The van der Waals surface area contributed by atoms with E-state index in [2.05, 4.69) is 19.2 Å². The molecule has 0 amide bonds. The molecule has 1 N–H and O–H groups in total. The van der Waals surface area contributed by atoms with Gasteiger partial charge in [0, 0.05) is 7.11 Å². The van der Waals surface area contributed by atoms with Crippen LogP contribution in [0.5, 0.6) is 0 Å². The molecular weight excluding hydrogens is 174 g/mol. The highest BCUT2D eigenvalue weighted by atomic mass is 35.5. The highest BCUT2D eigenvalue weighted by molar-refractivity contribution is 5.85. The minimum absolute atomic E-state index is 0. The van der Waals surface area contributed by atoms with Gasteiger partial charge in [-0.3, -0.25) is 0 Å². The molecule has 0 aliphatic carbocycles. The van der Waals surface area contributed by atoms with E-state index in [4.69, 9.17) is 4.74 Å². The van der Waals surface area contributed by atoms with Gasteiger partial charge in [-0.1, -0.05) is 0 Å². The molecule has 0 spiro atoms. The monoisotopic (exact) mass is 193 g/mol. The van der Waals surface area contributed by atoms with Gasteiger partial charge in [-0.05, 0) is 45.7 Å². The standard InChI is InChI=1S/C9H19NO.ClH/c1-9(2,11-3)8-4-6-10-7-5-8;/h8,10H,4-7H2,1-3H3;1H. The lowest BCUT2D eigenvalue weighted by atomic mass is 9.83. The van der Waals surface area contributed by atoms with E-state index in [0.29, 0.717) is 0 Å². The van der Waals surface area contributed by atoms with Crippen LogP contribution in [-0.4, -0.2) is 25.8 Å². The number of halogens is 1. The van der Waals surface area contributed by atoms with Crippen molar-refractivity contribution in [3.8, 4) is 0 Å². The van der Waals surface area contributed by atoms with Crippen molar-refractivity contribution in [3.05, 3.63) is 0 Å². The Hall–Kier alpha value is 0.210. The fraction of sp³-hybridized carbons (Fsp3) is 1.00. The summed E-state index contributed by atoms with van der Waals surface area (Å²) < 4.78 is 5.45. The van der Waals surface area contributed by atoms with Crippen LogP contribution in [0.25, 0.3) is 0 Å². The van der Waals surface area contributed by atoms with Gasteiger partial charge < -0.3 is 10.1 Å². The minimum atomic E-state index is 0. The van der Waals surface area contributed by atoms with Crippen LogP contribution in [0.3, 0.4) is 0 Å². The predicted molar refractivity (Wildman–Crippen MR) is 53.9 cm³/mol. The van der Waals surface area contributed by atoms with E-state index in [1.165, 1.54) is 12.8 Å². The van der Waals surface area contributed by atoms with E-state index in [9.17, 15) is 0 Å². The Balaban J connectivity index is 0.00000121. The van der Waals surface area contributed by atoms with Gasteiger partial charge >= 0.3 is 0 Å². The van der Waals surface area contributed by atoms with Gasteiger partial charge in [-0.15, -0.1) is 12.4 Å². The lowest BCUT2D eigenvalue weighted by molar-refractivity contribution is -0.0376. The van der Waals surface area contributed by atoms with E-state index in [0.717, 1.165) is 19.0 Å². The van der Waals surface area contributed by atoms with Gasteiger partial charge in [0.25, 0.3) is 0 Å². The maximum atomic E-state index is 5.45. The maximum absolute atomic E-state index is 5.45. The molecule has 12 heavy (non-hydrogen) atoms. The first-order valence-electron chi connectivity index (χ1n) is 4.42. The fourth-order valence-electron chi connectivity index (χ4n) is 1.68. The second-order valence-corrected chi connectivity index (χ2v) is 3.83. The summed E-state index contributed by atoms with van der Waals surface area (Å²) in [6, 6.07) is 0. The van der Waals surface area contributed by atoms with Crippen molar-refractivity contribution in [1.82, 2.24) is 5.32 Å². The number of methoxy groups -OCH3 is 1. The molecule has 1 aliphatic rings. The number of nitrogens with one attached hydrogen (secondary N) is 1. The van der Waals surface area contributed by atoms with Crippen LogP contribution in [0.15, 0.2) is 0 Å². The zero-order valence-electron chi connectivity index (χ0n) is 8.22. The molecule has 0 atom stereocenters. The quantitative estimate of drug-likeness (QED) is 0.723. The Morgan fingerprint density at radius 2 is 1.75 bits per heavy atom. The summed E-state index contributed by atoms with van der Waals surface area (Å²) in [5.41, 5.74) is 0.0715. The first kappa shape index (κ1) is 12.2. The smallest absolute Gasteiger partial charge is 0.0651 e. The van der Waals surface area contributed by atoms with E-state index in [-0.39, 0.29) is 18.0 Å². The van der Waals surface area contributed by atoms with Gasteiger partial charge in [-0.2, -0.15) is 0 Å². The normalized spacial score (nSPS) is 20.2. The average Bonchev–Trinajstić information content (AvgIpc) is 2.06. The Morgan fingerprint density at radius 3 is 2.17 bits per heavy atom. The van der Waals surface area contributed by atoms with Crippen LogP contribution in [0.4, 0.5) is 0 Å². The molecule has 74 valence electrons. The second-order valence-electron chi connectivity index (χ2n) is 3.83. The van der Waals surface area contributed by atoms with E-state index >= 15 is 0 Å². The summed E-state index contributed by atoms with van der Waals surface area (Å²) in [6.07, 6.45) is 2.50. The van der Waals surface area contributed by atoms with Crippen molar-refractivity contribution in [1.29, 1.82) is 0 Å². The topological polar surface area (TPSA) is 21.3 Å². The van der Waals surface area contributed by atoms with E-state index < -0.39 is 0 Å². The first-order valence-corrected chi connectivity index (χ1v) is 4.42. The zero-order chi connectivity index (χ0) is 8.32. The van der Waals surface area contributed by atoms with Gasteiger partial charge in [0.05, 0.1) is 5.60 Å². The molecule has 0 radical (unpaired) electrons. The Labute approximate surface area is 81.5 Å². The van der Waals surface area contributed by atoms with Gasteiger partial charge in [0.15, 0.2) is 0 Å². The highest BCUT2D eigenvalue weighted by Gasteiger charge is 2.29. The summed E-state index contributed by atoms with van der Waals surface area (Å²) in [5, 5.41) is 3.36. The lowest BCUT2D eigenvalue weighted by Crippen LogP contribution is -2.40. The Morgan fingerprint density at radius 1 is 1.25 bits per heavy atom. The Bertz CT molecular complexity index is 122. The fourth-order valence-corrected chi connectivity index (χ4v) is 1.68. The van der Waals surface area contributed by atoms with Crippen molar-refractivity contribution in [2.45, 2.75) is 32.3 Å². The molecule has 0 aromatic heterocycles. The van der Waals surface area contributed by atoms with Crippen molar-refractivity contribution < 1.29 is 4.74 Å². The third kappa shape index (κ3) is 2.92. The summed E-state index contributed by atoms with van der Waals surface area (Å²) in [5.74, 6) is 0.730. The van der Waals surface area contributed by atoms with Crippen molar-refractivity contribution in [2.75, 3.05) is 20.2 Å². The molecule has 0 aromatic rings. The molecule has 1 rings (SSSR count). The van der Waals surface area contributed by atoms with Crippen LogP contribution in [-0.2, 0) is 4.74 Å². The van der Waals surface area contributed by atoms with Crippen molar-refractivity contribution in [3.63, 3.8) is 0 Å². The van der Waals surface area contributed by atoms with Gasteiger partial charge in [0.1, 0.15) is 0 Å². The minimum Gasteiger partial charge on any atom is -0.379 e. The van der Waals surface area contributed by atoms with Gasteiger partial charge in [-0.25, -0.2) is 0 Å². The molecule has 1 saturated heterocycles. The summed E-state index contributed by atoms with van der Waals surface area (Å²) >= 11 is 0. The van der Waals surface area contributed by atoms with Crippen molar-refractivity contribution in [2.24, 2.45) is 5.92 Å². The molecule has 0 bridgehead atoms. The van der Waals surface area contributed by atoms with Crippen LogP contribution in [0, 0.1) is 5.92 Å². The average molecular weight is 194 g/mol. The van der Waals surface area contributed by atoms with Crippen LogP contribution < -0.4 is 5.32 Å². The van der Waals surface area contributed by atoms with Crippen LogP contribution in [0.1, 0.15) is 26.7 Å². The number of rotatable bonds is 2.